The summed E-state index contributed by atoms with van der Waals surface area (Å²) in [5.41, 5.74) is -0.812. The van der Waals surface area contributed by atoms with Gasteiger partial charge in [-0.1, -0.05) is 24.9 Å². The average Bonchev–Trinajstić information content (AvgIpc) is 2.41. The van der Waals surface area contributed by atoms with E-state index in [-0.39, 0.29) is 11.6 Å². The Kier molecular flexibility index (Phi) is 6.11. The maximum atomic E-state index is 13.0. The van der Waals surface area contributed by atoms with Gasteiger partial charge in [0.2, 0.25) is 5.91 Å². The molecule has 116 valence electrons. The van der Waals surface area contributed by atoms with Gasteiger partial charge in [0, 0.05) is 5.69 Å². The van der Waals surface area contributed by atoms with E-state index in [1.54, 1.807) is 0 Å². The van der Waals surface area contributed by atoms with Crippen molar-refractivity contribution in [1.29, 1.82) is 0 Å². The zero-order valence-corrected chi connectivity index (χ0v) is 12.6. The van der Waals surface area contributed by atoms with Gasteiger partial charge in [-0.05, 0) is 31.5 Å². The van der Waals surface area contributed by atoms with E-state index in [2.05, 4.69) is 10.6 Å². The molecule has 0 aliphatic heterocycles. The molecule has 0 radical (unpaired) electrons. The lowest BCUT2D eigenvalue weighted by atomic mass is 9.96. The van der Waals surface area contributed by atoms with Crippen molar-refractivity contribution in [1.82, 2.24) is 5.32 Å². The summed E-state index contributed by atoms with van der Waals surface area (Å²) < 4.78 is 13.0. The number of amides is 1. The van der Waals surface area contributed by atoms with Crippen LogP contribution in [0, 0.1) is 5.82 Å². The highest BCUT2D eigenvalue weighted by Crippen LogP contribution is 2.19. The standard InChI is InChI=1S/C14H18ClFN2O3/c1-3-6-14(2,13(20)21)17-8-12(19)18-9-4-5-11(16)10(15)7-9/h4-5,7,17H,3,6,8H2,1-2H3,(H,18,19)(H,20,21). The predicted molar refractivity (Wildman–Crippen MR) is 79.0 cm³/mol. The number of carboxylic acids is 1. The summed E-state index contributed by atoms with van der Waals surface area (Å²) in [6.45, 7) is 3.22. The Hall–Kier alpha value is -1.66. The molecule has 0 saturated heterocycles. The first-order valence-electron chi connectivity index (χ1n) is 6.52. The molecular weight excluding hydrogens is 299 g/mol. The number of hydrogen-bond donors (Lipinski definition) is 3. The topological polar surface area (TPSA) is 78.4 Å². The summed E-state index contributed by atoms with van der Waals surface area (Å²) in [5.74, 6) is -2.02. The van der Waals surface area contributed by atoms with Crippen molar-refractivity contribution in [3.8, 4) is 0 Å². The van der Waals surface area contributed by atoms with Crippen LogP contribution in [0.25, 0.3) is 0 Å². The van der Waals surface area contributed by atoms with Crippen LogP contribution in [0.15, 0.2) is 18.2 Å². The summed E-state index contributed by atoms with van der Waals surface area (Å²) in [6.07, 6.45) is 1.07. The third-order valence-corrected chi connectivity index (χ3v) is 3.35. The predicted octanol–water partition coefficient (Wildman–Crippen LogP) is 2.65. The monoisotopic (exact) mass is 316 g/mol. The van der Waals surface area contributed by atoms with Crippen molar-refractivity contribution in [2.45, 2.75) is 32.2 Å². The van der Waals surface area contributed by atoms with Gasteiger partial charge in [-0.3, -0.25) is 14.9 Å². The fourth-order valence-electron chi connectivity index (χ4n) is 1.83. The summed E-state index contributed by atoms with van der Waals surface area (Å²) >= 11 is 5.61. The fraction of sp³-hybridized carbons (Fsp3) is 0.429. The van der Waals surface area contributed by atoms with E-state index in [1.165, 1.54) is 19.1 Å². The van der Waals surface area contributed by atoms with Crippen LogP contribution in [0.5, 0.6) is 0 Å². The maximum absolute atomic E-state index is 13.0. The molecule has 0 aromatic heterocycles. The van der Waals surface area contributed by atoms with Gasteiger partial charge in [0.1, 0.15) is 11.4 Å². The molecule has 1 rings (SSSR count). The molecule has 1 unspecified atom stereocenters. The van der Waals surface area contributed by atoms with E-state index in [4.69, 9.17) is 11.6 Å². The van der Waals surface area contributed by atoms with E-state index in [1.807, 2.05) is 6.92 Å². The number of nitrogens with one attached hydrogen (secondary N) is 2. The highest BCUT2D eigenvalue weighted by atomic mass is 35.5. The Morgan fingerprint density at radius 3 is 2.62 bits per heavy atom. The van der Waals surface area contributed by atoms with Gasteiger partial charge in [0.15, 0.2) is 0 Å². The molecule has 0 heterocycles. The molecule has 1 aromatic carbocycles. The molecule has 3 N–H and O–H groups in total. The second-order valence-electron chi connectivity index (χ2n) is 4.92. The summed E-state index contributed by atoms with van der Waals surface area (Å²) in [7, 11) is 0. The number of halogens is 2. The van der Waals surface area contributed by atoms with Crippen molar-refractivity contribution in [3.05, 3.63) is 29.0 Å². The van der Waals surface area contributed by atoms with Gasteiger partial charge < -0.3 is 10.4 Å². The van der Waals surface area contributed by atoms with Crippen LogP contribution in [0.4, 0.5) is 10.1 Å². The first-order valence-corrected chi connectivity index (χ1v) is 6.89. The average molecular weight is 317 g/mol. The smallest absolute Gasteiger partial charge is 0.323 e. The normalized spacial score (nSPS) is 13.5. The number of aliphatic carboxylic acids is 1. The molecule has 1 atom stereocenters. The van der Waals surface area contributed by atoms with Crippen LogP contribution < -0.4 is 10.6 Å². The van der Waals surface area contributed by atoms with Crippen LogP contribution in [0.2, 0.25) is 5.02 Å². The van der Waals surface area contributed by atoms with Gasteiger partial charge in [0.05, 0.1) is 11.6 Å². The van der Waals surface area contributed by atoms with Gasteiger partial charge in [-0.15, -0.1) is 0 Å². The van der Waals surface area contributed by atoms with Crippen molar-refractivity contribution >= 4 is 29.2 Å². The van der Waals surface area contributed by atoms with Crippen molar-refractivity contribution in [2.75, 3.05) is 11.9 Å². The summed E-state index contributed by atoms with van der Waals surface area (Å²) in [6, 6.07) is 3.81. The third kappa shape index (κ3) is 4.99. The Balaban J connectivity index is 2.61. The Labute approximate surface area is 127 Å². The van der Waals surface area contributed by atoms with Gasteiger partial charge in [0.25, 0.3) is 0 Å². The highest BCUT2D eigenvalue weighted by Gasteiger charge is 2.31. The molecule has 5 nitrogen and oxygen atoms in total. The maximum Gasteiger partial charge on any atom is 0.323 e. The van der Waals surface area contributed by atoms with Gasteiger partial charge >= 0.3 is 5.97 Å². The number of anilines is 1. The molecule has 0 saturated carbocycles. The molecule has 21 heavy (non-hydrogen) atoms. The Morgan fingerprint density at radius 1 is 1.43 bits per heavy atom. The lowest BCUT2D eigenvalue weighted by Gasteiger charge is -2.25. The minimum Gasteiger partial charge on any atom is -0.480 e. The molecule has 7 heteroatoms. The van der Waals surface area contributed by atoms with Crippen molar-refractivity contribution in [3.63, 3.8) is 0 Å². The van der Waals surface area contributed by atoms with E-state index in [0.29, 0.717) is 18.5 Å². The SMILES string of the molecule is CCCC(C)(NCC(=O)Nc1ccc(F)c(Cl)c1)C(=O)O. The summed E-state index contributed by atoms with van der Waals surface area (Å²) in [5, 5.41) is 14.3. The lowest BCUT2D eigenvalue weighted by molar-refractivity contribution is -0.144. The van der Waals surface area contributed by atoms with Crippen LogP contribution in [-0.4, -0.2) is 29.1 Å². The quantitative estimate of drug-likeness (QED) is 0.722. The third-order valence-electron chi connectivity index (χ3n) is 3.06. The molecule has 1 aromatic rings. The van der Waals surface area contributed by atoms with E-state index in [9.17, 15) is 19.1 Å². The number of benzene rings is 1. The zero-order valence-electron chi connectivity index (χ0n) is 11.9. The molecule has 0 aliphatic rings. The second-order valence-corrected chi connectivity index (χ2v) is 5.33. The number of hydrogen-bond acceptors (Lipinski definition) is 3. The fourth-order valence-corrected chi connectivity index (χ4v) is 2.01. The minimum atomic E-state index is -1.16. The first-order chi connectivity index (χ1) is 9.78. The van der Waals surface area contributed by atoms with Gasteiger partial charge in [-0.25, -0.2) is 4.39 Å². The molecule has 0 bridgehead atoms. The zero-order chi connectivity index (χ0) is 16.0. The molecule has 0 fully saturated rings. The van der Waals surface area contributed by atoms with E-state index >= 15 is 0 Å². The van der Waals surface area contributed by atoms with E-state index < -0.39 is 23.2 Å². The van der Waals surface area contributed by atoms with Crippen LogP contribution in [0.1, 0.15) is 26.7 Å². The summed E-state index contributed by atoms with van der Waals surface area (Å²) in [4.78, 5) is 23.0. The minimum absolute atomic E-state index is 0.0953. The Morgan fingerprint density at radius 2 is 2.10 bits per heavy atom. The largest absolute Gasteiger partial charge is 0.480 e. The number of carbonyl (C=O) groups is 2. The Bertz CT molecular complexity index is 539. The molecule has 1 amide bonds. The van der Waals surface area contributed by atoms with Crippen molar-refractivity contribution < 1.29 is 19.1 Å². The number of carbonyl (C=O) groups excluding carboxylic acids is 1. The molecular formula is C14H18ClFN2O3. The number of carboxylic acid groups (broad SMARTS) is 1. The van der Waals surface area contributed by atoms with Crippen LogP contribution >= 0.6 is 11.6 Å². The van der Waals surface area contributed by atoms with Gasteiger partial charge in [-0.2, -0.15) is 0 Å². The molecule has 0 spiro atoms. The molecule has 0 aliphatic carbocycles. The lowest BCUT2D eigenvalue weighted by Crippen LogP contribution is -2.51. The van der Waals surface area contributed by atoms with Crippen LogP contribution in [0.3, 0.4) is 0 Å². The first kappa shape index (κ1) is 17.4. The van der Waals surface area contributed by atoms with E-state index in [0.717, 1.165) is 6.07 Å². The second kappa shape index (κ2) is 7.38. The highest BCUT2D eigenvalue weighted by molar-refractivity contribution is 6.31. The van der Waals surface area contributed by atoms with Crippen molar-refractivity contribution in [2.24, 2.45) is 0 Å². The van der Waals surface area contributed by atoms with Crippen LogP contribution in [-0.2, 0) is 9.59 Å². The number of rotatable bonds is 7.